The van der Waals surface area contributed by atoms with Crippen LogP contribution in [0.5, 0.6) is 0 Å². The van der Waals surface area contributed by atoms with Gasteiger partial charge in [-0.05, 0) is 32.2 Å². The number of amides is 3. The molecule has 0 aliphatic carbocycles. The predicted octanol–water partition coefficient (Wildman–Crippen LogP) is -0.869. The molecule has 0 aromatic rings. The van der Waals surface area contributed by atoms with Crippen LogP contribution in [0.15, 0.2) is 0 Å². The zero-order chi connectivity index (χ0) is 18.2. The maximum absolute atomic E-state index is 12.8. The highest BCUT2D eigenvalue weighted by Crippen LogP contribution is 2.31. The van der Waals surface area contributed by atoms with Gasteiger partial charge in [0.2, 0.25) is 0 Å². The number of hydrogen-bond acceptors (Lipinski definition) is 7. The number of hydroxylamine groups is 4. The first kappa shape index (κ1) is 18.3. The minimum atomic E-state index is -4.80. The highest BCUT2D eigenvalue weighted by Gasteiger charge is 2.50. The van der Waals surface area contributed by atoms with Crippen molar-refractivity contribution in [2.45, 2.75) is 43.8 Å². The van der Waals surface area contributed by atoms with E-state index in [9.17, 15) is 18.0 Å². The topological polar surface area (TPSA) is 129 Å². The number of carbonyl (C=O) groups is 2. The summed E-state index contributed by atoms with van der Waals surface area (Å²) in [6.07, 6.45) is 2.72. The number of carbonyl (C=O) groups excluding carboxylic acids is 2. The third-order valence-corrected chi connectivity index (χ3v) is 5.15. The zero-order valence-electron chi connectivity index (χ0n) is 13.8. The lowest BCUT2D eigenvalue weighted by Crippen LogP contribution is -2.52. The fourth-order valence-electron chi connectivity index (χ4n) is 3.62. The Bertz CT molecular complexity index is 636. The number of fused-ring (bicyclic) bond motifs is 2. The van der Waals surface area contributed by atoms with Gasteiger partial charge in [-0.3, -0.25) is 14.2 Å². The van der Waals surface area contributed by atoms with Crippen molar-refractivity contribution < 1.29 is 31.7 Å². The van der Waals surface area contributed by atoms with Crippen molar-refractivity contribution in [1.82, 2.24) is 20.3 Å². The number of nitrogens with one attached hydrogen (secondary N) is 1. The van der Waals surface area contributed by atoms with Crippen LogP contribution in [0.3, 0.4) is 0 Å². The average Bonchev–Trinajstić information content (AvgIpc) is 3.14. The minimum Gasteiger partial charge on any atom is -0.312 e. The molecular weight excluding hydrogens is 356 g/mol. The van der Waals surface area contributed by atoms with Gasteiger partial charge in [0.1, 0.15) is 6.04 Å². The lowest BCUT2D eigenvalue weighted by atomic mass is 10.00. The standard InChI is InChI=1S/C13H22N4O7S/c1-23-16(7-9-3-2-6-14-9)12(18)11-5-4-10-8-15(11)13(19)17(10)24-25(20,21)22/h9-11,14H,2-8H2,1H3,(H,20,21,22)/t9?,10-,11+/m1/s1. The van der Waals surface area contributed by atoms with Crippen LogP contribution >= 0.6 is 0 Å². The quantitative estimate of drug-likeness (QED) is 0.451. The van der Waals surface area contributed by atoms with Crippen molar-refractivity contribution in [2.24, 2.45) is 0 Å². The Balaban J connectivity index is 1.68. The third-order valence-electron chi connectivity index (χ3n) is 4.80. The fraction of sp³-hybridized carbons (Fsp3) is 0.846. The van der Waals surface area contributed by atoms with Gasteiger partial charge in [0.25, 0.3) is 5.91 Å². The summed E-state index contributed by atoms with van der Waals surface area (Å²) in [6.45, 7) is 1.43. The van der Waals surface area contributed by atoms with E-state index in [1.165, 1.54) is 17.1 Å². The normalized spacial score (nSPS) is 29.4. The number of rotatable bonds is 6. The highest BCUT2D eigenvalue weighted by molar-refractivity contribution is 7.80. The molecule has 0 radical (unpaired) electrons. The molecule has 0 aromatic carbocycles. The summed E-state index contributed by atoms with van der Waals surface area (Å²) in [5.41, 5.74) is 0. The van der Waals surface area contributed by atoms with E-state index in [2.05, 4.69) is 9.60 Å². The molecule has 3 heterocycles. The van der Waals surface area contributed by atoms with E-state index < -0.39 is 28.5 Å². The Labute approximate surface area is 145 Å². The number of piperidine rings is 1. The summed E-state index contributed by atoms with van der Waals surface area (Å²) in [4.78, 5) is 31.6. The van der Waals surface area contributed by atoms with Crippen LogP contribution in [-0.4, -0.2) is 84.8 Å². The summed E-state index contributed by atoms with van der Waals surface area (Å²) >= 11 is 0. The molecule has 25 heavy (non-hydrogen) atoms. The highest BCUT2D eigenvalue weighted by atomic mass is 32.3. The molecule has 0 aromatic heterocycles. The Morgan fingerprint density at radius 3 is 2.76 bits per heavy atom. The second-order valence-corrected chi connectivity index (χ2v) is 7.39. The van der Waals surface area contributed by atoms with Crippen molar-refractivity contribution >= 4 is 22.3 Å². The summed E-state index contributed by atoms with van der Waals surface area (Å²) in [5, 5.41) is 5.14. The van der Waals surface area contributed by atoms with Crippen molar-refractivity contribution in [3.8, 4) is 0 Å². The van der Waals surface area contributed by atoms with Crippen molar-refractivity contribution in [1.29, 1.82) is 0 Å². The summed E-state index contributed by atoms with van der Waals surface area (Å²) in [7, 11) is -3.40. The minimum absolute atomic E-state index is 0.147. The van der Waals surface area contributed by atoms with E-state index in [0.29, 0.717) is 24.4 Å². The van der Waals surface area contributed by atoms with E-state index in [-0.39, 0.29) is 18.5 Å². The smallest absolute Gasteiger partial charge is 0.312 e. The Kier molecular flexibility index (Phi) is 5.16. The van der Waals surface area contributed by atoms with Crippen LogP contribution in [0.25, 0.3) is 0 Å². The molecule has 3 aliphatic rings. The summed E-state index contributed by atoms with van der Waals surface area (Å²) in [6, 6.07) is -1.88. The van der Waals surface area contributed by atoms with Gasteiger partial charge in [-0.25, -0.2) is 9.86 Å². The fourth-order valence-corrected chi connectivity index (χ4v) is 4.01. The van der Waals surface area contributed by atoms with E-state index in [1.54, 1.807) is 0 Å². The van der Waals surface area contributed by atoms with Crippen molar-refractivity contribution in [3.63, 3.8) is 0 Å². The van der Waals surface area contributed by atoms with Gasteiger partial charge in [0.15, 0.2) is 0 Å². The van der Waals surface area contributed by atoms with Gasteiger partial charge < -0.3 is 10.2 Å². The first-order valence-electron chi connectivity index (χ1n) is 8.16. The van der Waals surface area contributed by atoms with Gasteiger partial charge >= 0.3 is 16.4 Å². The molecule has 11 nitrogen and oxygen atoms in total. The molecule has 1 unspecified atom stereocenters. The van der Waals surface area contributed by atoms with Gasteiger partial charge in [0.05, 0.1) is 19.7 Å². The van der Waals surface area contributed by atoms with Crippen LogP contribution in [0.1, 0.15) is 25.7 Å². The number of nitrogens with zero attached hydrogens (tertiary/aromatic N) is 3. The largest absolute Gasteiger partial charge is 0.418 e. The van der Waals surface area contributed by atoms with Gasteiger partial charge in [-0.1, -0.05) is 0 Å². The molecule has 3 saturated heterocycles. The Hall–Kier alpha value is -1.47. The lowest BCUT2D eigenvalue weighted by Gasteiger charge is -2.33. The molecule has 3 amide bonds. The molecule has 3 aliphatic heterocycles. The summed E-state index contributed by atoms with van der Waals surface area (Å²) in [5.74, 6) is -0.350. The Morgan fingerprint density at radius 1 is 1.40 bits per heavy atom. The average molecular weight is 378 g/mol. The van der Waals surface area contributed by atoms with Crippen molar-refractivity contribution in [3.05, 3.63) is 0 Å². The first-order chi connectivity index (χ1) is 11.8. The predicted molar refractivity (Wildman–Crippen MR) is 83.1 cm³/mol. The van der Waals surface area contributed by atoms with Crippen LogP contribution < -0.4 is 5.32 Å². The molecule has 142 valence electrons. The van der Waals surface area contributed by atoms with Gasteiger partial charge in [-0.2, -0.15) is 13.5 Å². The van der Waals surface area contributed by atoms with E-state index in [4.69, 9.17) is 9.39 Å². The molecule has 3 rings (SSSR count). The van der Waals surface area contributed by atoms with E-state index in [1.807, 2.05) is 0 Å². The molecular formula is C13H22N4O7S. The maximum Gasteiger partial charge on any atom is 0.418 e. The first-order valence-corrected chi connectivity index (χ1v) is 9.52. The lowest BCUT2D eigenvalue weighted by molar-refractivity contribution is -0.182. The Morgan fingerprint density at radius 2 is 2.16 bits per heavy atom. The van der Waals surface area contributed by atoms with Crippen LogP contribution in [0.2, 0.25) is 0 Å². The third kappa shape index (κ3) is 3.87. The van der Waals surface area contributed by atoms with E-state index in [0.717, 1.165) is 19.4 Å². The van der Waals surface area contributed by atoms with Crippen LogP contribution in [0.4, 0.5) is 4.79 Å². The molecule has 0 saturated carbocycles. The van der Waals surface area contributed by atoms with Gasteiger partial charge in [0, 0.05) is 12.6 Å². The second-order valence-electron chi connectivity index (χ2n) is 6.39. The molecule has 3 atom stereocenters. The molecule has 0 spiro atoms. The zero-order valence-corrected chi connectivity index (χ0v) is 14.6. The maximum atomic E-state index is 12.8. The monoisotopic (exact) mass is 378 g/mol. The van der Waals surface area contributed by atoms with E-state index >= 15 is 0 Å². The molecule has 3 fully saturated rings. The number of urea groups is 1. The van der Waals surface area contributed by atoms with Crippen LogP contribution in [-0.2, 0) is 24.3 Å². The SMILES string of the molecule is CON(CC1CCCN1)C(=O)[C@@H]1CC[C@@H]2CN1C(=O)N2OS(=O)(=O)O. The number of hydrogen-bond donors (Lipinski definition) is 2. The van der Waals surface area contributed by atoms with Crippen molar-refractivity contribution in [2.75, 3.05) is 26.7 Å². The second kappa shape index (κ2) is 7.03. The molecule has 2 bridgehead atoms. The molecule has 2 N–H and O–H groups in total. The molecule has 12 heteroatoms. The van der Waals surface area contributed by atoms with Crippen LogP contribution in [0, 0.1) is 0 Å². The van der Waals surface area contributed by atoms with Gasteiger partial charge in [-0.15, -0.1) is 4.28 Å². The summed E-state index contributed by atoms with van der Waals surface area (Å²) < 4.78 is 35.0.